The van der Waals surface area contributed by atoms with E-state index in [1.54, 1.807) is 8.79 Å². The zero-order valence-corrected chi connectivity index (χ0v) is 10.4. The van der Waals surface area contributed by atoms with Gasteiger partial charge in [-0.1, -0.05) is 0 Å². The molecule has 0 nitrogen and oxygen atoms in total. The zero-order valence-electron chi connectivity index (χ0n) is 7.53. The van der Waals surface area contributed by atoms with Gasteiger partial charge in [0.1, 0.15) is 0 Å². The molecular formula is C12H8GeS. The van der Waals surface area contributed by atoms with Gasteiger partial charge in [0, 0.05) is 0 Å². The molecule has 1 aliphatic rings. The number of benzene rings is 2. The molecule has 3 rings (SSSR count). The maximum atomic E-state index is 2.28. The summed E-state index contributed by atoms with van der Waals surface area (Å²) in [5.74, 6) is 0. The van der Waals surface area contributed by atoms with Gasteiger partial charge in [-0.05, 0) is 0 Å². The van der Waals surface area contributed by atoms with Gasteiger partial charge in [0.05, 0.1) is 0 Å². The van der Waals surface area contributed by atoms with Crippen molar-refractivity contribution in [3.8, 4) is 0 Å². The minimum absolute atomic E-state index is 0.0858. The first-order valence-corrected chi connectivity index (χ1v) is 7.48. The van der Waals surface area contributed by atoms with E-state index < -0.39 is 0 Å². The SMILES string of the molecule is c1cc[c]2c(c1)Sc1cccc[c]1[Ge]2. The van der Waals surface area contributed by atoms with Crippen molar-refractivity contribution in [2.24, 2.45) is 0 Å². The van der Waals surface area contributed by atoms with Crippen LogP contribution in [0.4, 0.5) is 0 Å². The van der Waals surface area contributed by atoms with Gasteiger partial charge in [-0.2, -0.15) is 0 Å². The predicted molar refractivity (Wildman–Crippen MR) is 62.0 cm³/mol. The van der Waals surface area contributed by atoms with Crippen molar-refractivity contribution < 1.29 is 0 Å². The van der Waals surface area contributed by atoms with E-state index in [1.165, 1.54) is 9.79 Å². The monoisotopic (exact) mass is 258 g/mol. The quantitative estimate of drug-likeness (QED) is 0.553. The van der Waals surface area contributed by atoms with Gasteiger partial charge in [-0.15, -0.1) is 0 Å². The Bertz CT molecular complexity index is 392. The van der Waals surface area contributed by atoms with Gasteiger partial charge >= 0.3 is 94.3 Å². The topological polar surface area (TPSA) is 0 Å². The van der Waals surface area contributed by atoms with Crippen molar-refractivity contribution in [3.05, 3.63) is 48.5 Å². The molecule has 14 heavy (non-hydrogen) atoms. The van der Waals surface area contributed by atoms with Crippen LogP contribution in [0.2, 0.25) is 0 Å². The summed E-state index contributed by atoms with van der Waals surface area (Å²) in [5, 5.41) is 0. The van der Waals surface area contributed by atoms with Crippen LogP contribution >= 0.6 is 11.8 Å². The fraction of sp³-hybridized carbons (Fsp3) is 0. The molecule has 1 aliphatic heterocycles. The van der Waals surface area contributed by atoms with Crippen LogP contribution < -0.4 is 8.79 Å². The van der Waals surface area contributed by atoms with Crippen LogP contribution in [-0.2, 0) is 0 Å². The van der Waals surface area contributed by atoms with Gasteiger partial charge in [0.25, 0.3) is 0 Å². The molecule has 0 saturated carbocycles. The third kappa shape index (κ3) is 1.41. The molecule has 0 unspecified atom stereocenters. The summed E-state index contributed by atoms with van der Waals surface area (Å²) in [6, 6.07) is 17.6. The van der Waals surface area contributed by atoms with E-state index in [1.807, 2.05) is 11.8 Å². The molecule has 0 atom stereocenters. The van der Waals surface area contributed by atoms with Crippen LogP contribution in [0.1, 0.15) is 0 Å². The van der Waals surface area contributed by atoms with Gasteiger partial charge in [-0.3, -0.25) is 0 Å². The maximum absolute atomic E-state index is 2.28. The summed E-state index contributed by atoms with van der Waals surface area (Å²) in [5.41, 5.74) is 0. The van der Waals surface area contributed by atoms with Crippen molar-refractivity contribution in [3.63, 3.8) is 0 Å². The van der Waals surface area contributed by atoms with E-state index in [-0.39, 0.29) is 15.4 Å². The van der Waals surface area contributed by atoms with Gasteiger partial charge in [0.15, 0.2) is 0 Å². The number of fused-ring (bicyclic) bond motifs is 2. The molecule has 0 spiro atoms. The van der Waals surface area contributed by atoms with Gasteiger partial charge in [-0.25, -0.2) is 0 Å². The predicted octanol–water partition coefficient (Wildman–Crippen LogP) is 1.81. The molecule has 0 N–H and O–H groups in total. The first-order valence-electron chi connectivity index (χ1n) is 4.56. The van der Waals surface area contributed by atoms with Crippen molar-refractivity contribution in [1.29, 1.82) is 0 Å². The molecule has 2 radical (unpaired) electrons. The molecule has 0 amide bonds. The summed E-state index contributed by atoms with van der Waals surface area (Å²) in [4.78, 5) is 2.93. The van der Waals surface area contributed by atoms with E-state index in [4.69, 9.17) is 0 Å². The number of rotatable bonds is 0. The third-order valence-electron chi connectivity index (χ3n) is 2.26. The molecule has 1 heterocycles. The fourth-order valence-corrected chi connectivity index (χ4v) is 5.87. The molecular weight excluding hydrogens is 249 g/mol. The molecule has 66 valence electrons. The summed E-state index contributed by atoms with van der Waals surface area (Å²) < 4.78 is 3.16. The van der Waals surface area contributed by atoms with Crippen LogP contribution in [0, 0.1) is 0 Å². The van der Waals surface area contributed by atoms with Crippen LogP contribution in [0.15, 0.2) is 58.3 Å². The Morgan fingerprint density at radius 3 is 1.79 bits per heavy atom. The Kier molecular flexibility index (Phi) is 2.14. The molecule has 0 saturated heterocycles. The summed E-state index contributed by atoms with van der Waals surface area (Å²) in [6.45, 7) is 0. The Morgan fingerprint density at radius 2 is 1.21 bits per heavy atom. The molecule has 0 aromatic heterocycles. The first-order chi connectivity index (χ1) is 6.93. The molecule has 2 aromatic carbocycles. The average molecular weight is 257 g/mol. The summed E-state index contributed by atoms with van der Waals surface area (Å²) >= 11 is 1.83. The van der Waals surface area contributed by atoms with E-state index in [2.05, 4.69) is 48.5 Å². The van der Waals surface area contributed by atoms with Gasteiger partial charge in [0.2, 0.25) is 0 Å². The molecule has 2 heteroatoms. The van der Waals surface area contributed by atoms with Crippen molar-refractivity contribution in [2.45, 2.75) is 9.79 Å². The molecule has 0 aliphatic carbocycles. The summed E-state index contributed by atoms with van der Waals surface area (Å²) in [7, 11) is 0. The van der Waals surface area contributed by atoms with Crippen LogP contribution in [0.25, 0.3) is 0 Å². The minimum atomic E-state index is -0.0858. The molecule has 2 aromatic rings. The van der Waals surface area contributed by atoms with Gasteiger partial charge < -0.3 is 0 Å². The first kappa shape index (κ1) is 8.63. The average Bonchev–Trinajstić information content (AvgIpc) is 2.26. The van der Waals surface area contributed by atoms with Crippen LogP contribution in [0.3, 0.4) is 0 Å². The summed E-state index contributed by atoms with van der Waals surface area (Å²) in [6.07, 6.45) is 0. The fourth-order valence-electron chi connectivity index (χ4n) is 1.58. The van der Waals surface area contributed by atoms with E-state index >= 15 is 0 Å². The Hall–Kier alpha value is -0.667. The van der Waals surface area contributed by atoms with Crippen LogP contribution in [0.5, 0.6) is 0 Å². The standard InChI is InChI=1S/C12H8GeS/c1-3-7-11-9(5-1)13-10-6-2-4-8-12(10)14-11/h1-8H. The van der Waals surface area contributed by atoms with Crippen molar-refractivity contribution >= 4 is 36.0 Å². The molecule has 0 fully saturated rings. The third-order valence-corrected chi connectivity index (χ3v) is 7.14. The Balaban J connectivity index is 2.12. The Labute approximate surface area is 94.2 Å². The normalized spacial score (nSPS) is 13.1. The Morgan fingerprint density at radius 1 is 0.714 bits per heavy atom. The van der Waals surface area contributed by atoms with E-state index in [9.17, 15) is 0 Å². The molecule has 0 bridgehead atoms. The van der Waals surface area contributed by atoms with E-state index in [0.717, 1.165) is 0 Å². The number of hydrogen-bond donors (Lipinski definition) is 0. The second kappa shape index (κ2) is 3.48. The second-order valence-electron chi connectivity index (χ2n) is 3.22. The number of hydrogen-bond acceptors (Lipinski definition) is 1. The zero-order chi connectivity index (χ0) is 9.38. The van der Waals surface area contributed by atoms with E-state index in [0.29, 0.717) is 0 Å². The van der Waals surface area contributed by atoms with Crippen LogP contribution in [-0.4, -0.2) is 15.4 Å². The van der Waals surface area contributed by atoms with Crippen molar-refractivity contribution in [1.82, 2.24) is 0 Å². The van der Waals surface area contributed by atoms with Crippen molar-refractivity contribution in [2.75, 3.05) is 0 Å². The second-order valence-corrected chi connectivity index (χ2v) is 7.09.